The predicted molar refractivity (Wildman–Crippen MR) is 109 cm³/mol. The molecule has 0 spiro atoms. The minimum Gasteiger partial charge on any atom is -0.349 e. The van der Waals surface area contributed by atoms with Gasteiger partial charge in [0.05, 0.1) is 0 Å². The zero-order chi connectivity index (χ0) is 18.6. The molecule has 2 atom stereocenters. The summed E-state index contributed by atoms with van der Waals surface area (Å²) in [7, 11) is 0. The van der Waals surface area contributed by atoms with Crippen LogP contribution in [0.5, 0.6) is 0 Å². The van der Waals surface area contributed by atoms with Crippen LogP contribution < -0.4 is 10.6 Å². The summed E-state index contributed by atoms with van der Waals surface area (Å²) in [5, 5.41) is 6.05. The minimum atomic E-state index is -0.0217. The number of amides is 2. The number of alkyl halides is 1. The molecule has 5 saturated carbocycles. The van der Waals surface area contributed by atoms with E-state index in [9.17, 15) is 9.59 Å². The first-order chi connectivity index (χ1) is 12.9. The Morgan fingerprint density at radius 1 is 1.04 bits per heavy atom. The molecule has 1 aromatic rings. The van der Waals surface area contributed by atoms with E-state index < -0.39 is 0 Å². The summed E-state index contributed by atoms with van der Waals surface area (Å²) < 4.78 is 0.286. The van der Waals surface area contributed by atoms with Gasteiger partial charge in [-0.1, -0.05) is 15.9 Å². The Morgan fingerprint density at radius 2 is 1.70 bits per heavy atom. The Balaban J connectivity index is 1.21. The second kappa shape index (κ2) is 6.33. The van der Waals surface area contributed by atoms with E-state index in [1.807, 2.05) is 12.1 Å². The number of anilines is 1. The van der Waals surface area contributed by atoms with Crippen molar-refractivity contribution in [2.24, 2.45) is 17.3 Å². The zero-order valence-electron chi connectivity index (χ0n) is 15.6. The summed E-state index contributed by atoms with van der Waals surface area (Å²) in [6.45, 7) is 0. The van der Waals surface area contributed by atoms with Gasteiger partial charge >= 0.3 is 0 Å². The Morgan fingerprint density at radius 3 is 2.30 bits per heavy atom. The molecule has 5 aliphatic carbocycles. The van der Waals surface area contributed by atoms with Crippen LogP contribution in [0.4, 0.5) is 5.69 Å². The summed E-state index contributed by atoms with van der Waals surface area (Å²) in [5.74, 6) is 1.68. The largest absolute Gasteiger partial charge is 0.349 e. The molecule has 2 N–H and O–H groups in total. The highest BCUT2D eigenvalue weighted by molar-refractivity contribution is 9.10. The molecular weight excluding hydrogens is 404 g/mol. The van der Waals surface area contributed by atoms with E-state index in [1.165, 1.54) is 32.1 Å². The molecule has 5 fully saturated rings. The van der Waals surface area contributed by atoms with Gasteiger partial charge in [-0.05, 0) is 92.9 Å². The van der Waals surface area contributed by atoms with Gasteiger partial charge in [0.1, 0.15) is 0 Å². The molecule has 144 valence electrons. The summed E-state index contributed by atoms with van der Waals surface area (Å²) >= 11 is 4.02. The van der Waals surface area contributed by atoms with Crippen molar-refractivity contribution in [1.29, 1.82) is 0 Å². The van der Waals surface area contributed by atoms with Gasteiger partial charge in [0.15, 0.2) is 0 Å². The third-order valence-electron chi connectivity index (χ3n) is 6.99. The van der Waals surface area contributed by atoms with Gasteiger partial charge in [0.2, 0.25) is 5.91 Å². The molecule has 2 unspecified atom stereocenters. The van der Waals surface area contributed by atoms with Crippen molar-refractivity contribution in [3.63, 3.8) is 0 Å². The van der Waals surface area contributed by atoms with Gasteiger partial charge in [-0.15, -0.1) is 0 Å². The molecule has 0 saturated heterocycles. The lowest BCUT2D eigenvalue weighted by atomic mass is 9.48. The molecule has 1 aromatic carbocycles. The quantitative estimate of drug-likeness (QED) is 0.668. The lowest BCUT2D eigenvalue weighted by molar-refractivity contribution is -0.123. The Hall–Kier alpha value is -1.36. The molecule has 0 aromatic heterocycles. The topological polar surface area (TPSA) is 58.2 Å². The van der Waals surface area contributed by atoms with Crippen LogP contribution in [-0.2, 0) is 4.79 Å². The molecule has 0 heterocycles. The van der Waals surface area contributed by atoms with Crippen LogP contribution in [0.3, 0.4) is 0 Å². The van der Waals surface area contributed by atoms with Crippen molar-refractivity contribution >= 4 is 33.4 Å². The number of halogens is 1. The maximum absolute atomic E-state index is 12.8. The highest BCUT2D eigenvalue weighted by atomic mass is 79.9. The smallest absolute Gasteiger partial charge is 0.251 e. The van der Waals surface area contributed by atoms with E-state index in [0.29, 0.717) is 18.0 Å². The maximum Gasteiger partial charge on any atom is 0.251 e. The monoisotopic (exact) mass is 430 g/mol. The number of carbonyl (C=O) groups is 2. The van der Waals surface area contributed by atoms with Crippen molar-refractivity contribution in [3.8, 4) is 0 Å². The van der Waals surface area contributed by atoms with Gasteiger partial charge in [-0.3, -0.25) is 9.59 Å². The highest BCUT2D eigenvalue weighted by Crippen LogP contribution is 2.65. The normalized spacial score (nSPS) is 36.5. The highest BCUT2D eigenvalue weighted by Gasteiger charge is 2.57. The van der Waals surface area contributed by atoms with Gasteiger partial charge in [0, 0.05) is 28.0 Å². The number of hydrogen-bond acceptors (Lipinski definition) is 2. The van der Waals surface area contributed by atoms with Crippen molar-refractivity contribution in [2.75, 3.05) is 5.32 Å². The molecule has 4 nitrogen and oxygen atoms in total. The fourth-order valence-electron chi connectivity index (χ4n) is 6.29. The van der Waals surface area contributed by atoms with E-state index in [4.69, 9.17) is 0 Å². The third kappa shape index (κ3) is 3.67. The fraction of sp³-hybridized carbons (Fsp3) is 0.636. The van der Waals surface area contributed by atoms with Gasteiger partial charge < -0.3 is 10.6 Å². The standard InChI is InChI=1S/C22H27BrN2O2/c23-22-10-14-7-15(11-22)9-21(8-14,13-22)12-19(26)24-17-3-1-16(2-4-17)20(27)25-18-5-6-18/h1-4,14-15,18H,5-13H2,(H,24,26)(H,25,27). The summed E-state index contributed by atoms with van der Waals surface area (Å²) in [5.41, 5.74) is 1.62. The zero-order valence-corrected chi connectivity index (χ0v) is 17.2. The SMILES string of the molecule is O=C(CC12CC3CC(CC(Br)(C3)C1)C2)Nc1ccc(C(=O)NC2CC2)cc1. The van der Waals surface area contributed by atoms with E-state index in [2.05, 4.69) is 26.6 Å². The van der Waals surface area contributed by atoms with Crippen molar-refractivity contribution in [2.45, 2.75) is 68.2 Å². The van der Waals surface area contributed by atoms with E-state index >= 15 is 0 Å². The van der Waals surface area contributed by atoms with Gasteiger partial charge in [-0.25, -0.2) is 0 Å². The van der Waals surface area contributed by atoms with Crippen molar-refractivity contribution < 1.29 is 9.59 Å². The lowest BCUT2D eigenvalue weighted by Crippen LogP contribution is -2.53. The van der Waals surface area contributed by atoms with Crippen LogP contribution in [0.25, 0.3) is 0 Å². The molecule has 0 radical (unpaired) electrons. The molecule has 2 amide bonds. The second-order valence-electron chi connectivity index (χ2n) is 9.66. The van der Waals surface area contributed by atoms with Crippen LogP contribution in [0.2, 0.25) is 0 Å². The van der Waals surface area contributed by atoms with Crippen LogP contribution in [-0.4, -0.2) is 22.2 Å². The number of carbonyl (C=O) groups excluding carboxylic acids is 2. The number of hydrogen-bond donors (Lipinski definition) is 2. The average Bonchev–Trinajstić information content (AvgIpc) is 3.36. The van der Waals surface area contributed by atoms with E-state index in [1.54, 1.807) is 12.1 Å². The van der Waals surface area contributed by atoms with Gasteiger partial charge in [-0.2, -0.15) is 0 Å². The average molecular weight is 431 g/mol. The van der Waals surface area contributed by atoms with Gasteiger partial charge in [0.25, 0.3) is 5.91 Å². The molecule has 5 heteroatoms. The predicted octanol–water partition coefficient (Wildman–Crippen LogP) is 4.64. The summed E-state index contributed by atoms with van der Waals surface area (Å²) in [6.07, 6.45) is 10.3. The van der Waals surface area contributed by atoms with E-state index in [-0.39, 0.29) is 21.6 Å². The number of nitrogens with one attached hydrogen (secondary N) is 2. The molecule has 6 rings (SSSR count). The van der Waals surface area contributed by atoms with E-state index in [0.717, 1.165) is 36.8 Å². The van der Waals surface area contributed by atoms with Crippen LogP contribution in [0.15, 0.2) is 24.3 Å². The Kier molecular flexibility index (Phi) is 4.15. The van der Waals surface area contributed by atoms with Crippen LogP contribution in [0, 0.1) is 17.3 Å². The molecule has 27 heavy (non-hydrogen) atoms. The van der Waals surface area contributed by atoms with Crippen molar-refractivity contribution in [3.05, 3.63) is 29.8 Å². The molecule has 5 aliphatic rings. The van der Waals surface area contributed by atoms with Crippen LogP contribution >= 0.6 is 15.9 Å². The Labute approximate surface area is 169 Å². The summed E-state index contributed by atoms with van der Waals surface area (Å²) in [6, 6.07) is 7.63. The first kappa shape index (κ1) is 17.7. The first-order valence-corrected chi connectivity index (χ1v) is 11.1. The third-order valence-corrected chi connectivity index (χ3v) is 7.92. The number of rotatable bonds is 5. The minimum absolute atomic E-state index is 0.0217. The number of benzene rings is 1. The molecule has 0 aliphatic heterocycles. The molecular formula is C22H27BrN2O2. The summed E-state index contributed by atoms with van der Waals surface area (Å²) in [4.78, 5) is 24.8. The lowest BCUT2D eigenvalue weighted by Gasteiger charge is -2.60. The fourth-order valence-corrected chi connectivity index (χ4v) is 7.80. The van der Waals surface area contributed by atoms with Crippen molar-refractivity contribution in [1.82, 2.24) is 5.32 Å². The maximum atomic E-state index is 12.8. The first-order valence-electron chi connectivity index (χ1n) is 10.3. The molecule has 4 bridgehead atoms. The Bertz CT molecular complexity index is 757. The second-order valence-corrected chi connectivity index (χ2v) is 11.3. The van der Waals surface area contributed by atoms with Crippen LogP contribution in [0.1, 0.15) is 68.1 Å².